The van der Waals surface area contributed by atoms with Crippen LogP contribution in [-0.2, 0) is 12.7 Å². The van der Waals surface area contributed by atoms with Crippen LogP contribution in [0, 0.1) is 23.1 Å². The van der Waals surface area contributed by atoms with Crippen LogP contribution in [0.1, 0.15) is 40.0 Å². The van der Waals surface area contributed by atoms with Crippen LogP contribution in [0.4, 0.5) is 33.7 Å². The summed E-state index contributed by atoms with van der Waals surface area (Å²) in [6, 6.07) is 17.8. The number of carboxylic acid groups (broad SMARTS) is 1. The smallest absolute Gasteiger partial charge is 0.436 e. The summed E-state index contributed by atoms with van der Waals surface area (Å²) in [5.41, 5.74) is -1.77. The third-order valence-electron chi connectivity index (χ3n) is 7.18. The van der Waals surface area contributed by atoms with Gasteiger partial charge in [-0.25, -0.2) is 13.9 Å². The fourth-order valence-electron chi connectivity index (χ4n) is 4.72. The van der Waals surface area contributed by atoms with Crippen molar-refractivity contribution in [1.29, 1.82) is 5.26 Å². The van der Waals surface area contributed by atoms with Gasteiger partial charge in [0.1, 0.15) is 0 Å². The van der Waals surface area contributed by atoms with E-state index >= 15 is 4.39 Å². The topological polar surface area (TPSA) is 123 Å². The number of nitrogens with zero attached hydrogens (tertiary/aromatic N) is 4. The Morgan fingerprint density at radius 1 is 1.11 bits per heavy atom. The molecule has 0 radical (unpaired) electrons. The van der Waals surface area contributed by atoms with Crippen molar-refractivity contribution in [2.75, 3.05) is 23.8 Å². The van der Waals surface area contributed by atoms with Gasteiger partial charge in [-0.05, 0) is 60.7 Å². The average molecular weight is 607 g/mol. The van der Waals surface area contributed by atoms with Gasteiger partial charge in [-0.2, -0.15) is 23.5 Å². The Balaban J connectivity index is 1.67. The van der Waals surface area contributed by atoms with E-state index in [0.717, 1.165) is 22.4 Å². The number of halogens is 4. The summed E-state index contributed by atoms with van der Waals surface area (Å²) >= 11 is 0. The number of hydrogen-bond acceptors (Lipinski definition) is 5. The highest BCUT2D eigenvalue weighted by atomic mass is 19.4. The summed E-state index contributed by atoms with van der Waals surface area (Å²) in [4.78, 5) is 25.8. The van der Waals surface area contributed by atoms with Gasteiger partial charge in [0.05, 0.1) is 40.0 Å². The van der Waals surface area contributed by atoms with Crippen LogP contribution in [0.5, 0.6) is 0 Å². The fourth-order valence-corrected chi connectivity index (χ4v) is 4.72. The maximum Gasteiger partial charge on any atom is 0.436 e. The van der Waals surface area contributed by atoms with Gasteiger partial charge < -0.3 is 20.6 Å². The van der Waals surface area contributed by atoms with Crippen molar-refractivity contribution >= 4 is 23.4 Å². The average Bonchev–Trinajstić information content (AvgIpc) is 3.75. The Morgan fingerprint density at radius 3 is 2.45 bits per heavy atom. The highest BCUT2D eigenvalue weighted by Gasteiger charge is 2.43. The number of hydrogen-bond donors (Lipinski definition) is 3. The molecule has 1 aliphatic rings. The molecule has 0 atom stereocenters. The first-order valence-electron chi connectivity index (χ1n) is 13.5. The van der Waals surface area contributed by atoms with Crippen LogP contribution in [-0.4, -0.2) is 40.5 Å². The molecule has 1 aliphatic carbocycles. The van der Waals surface area contributed by atoms with Crippen molar-refractivity contribution in [1.82, 2.24) is 15.1 Å². The number of amides is 2. The lowest BCUT2D eigenvalue weighted by atomic mass is 10.0. The van der Waals surface area contributed by atoms with E-state index in [2.05, 4.69) is 15.7 Å². The minimum Gasteiger partial charge on any atom is -0.465 e. The van der Waals surface area contributed by atoms with Gasteiger partial charge in [0.25, 0.3) is 5.91 Å². The molecular formula is C31H26F4N6O3. The molecule has 9 nitrogen and oxygen atoms in total. The largest absolute Gasteiger partial charge is 0.465 e. The second-order valence-corrected chi connectivity index (χ2v) is 10.3. The summed E-state index contributed by atoms with van der Waals surface area (Å²) in [5.74, 6) is -1.53. The molecule has 3 N–H and O–H groups in total. The molecule has 1 heterocycles. The maximum absolute atomic E-state index is 15.6. The van der Waals surface area contributed by atoms with E-state index < -0.39 is 35.3 Å². The van der Waals surface area contributed by atoms with Crippen LogP contribution >= 0.6 is 0 Å². The van der Waals surface area contributed by atoms with Gasteiger partial charge >= 0.3 is 12.3 Å². The minimum atomic E-state index is -5.09. The van der Waals surface area contributed by atoms with E-state index in [9.17, 15) is 28.0 Å². The quantitative estimate of drug-likeness (QED) is 0.189. The fraction of sp³-hybridized carbons (Fsp3) is 0.226. The molecule has 0 unspecified atom stereocenters. The molecule has 2 amide bonds. The van der Waals surface area contributed by atoms with Crippen LogP contribution in [0.2, 0.25) is 0 Å². The normalized spacial score (nSPS) is 12.8. The lowest BCUT2D eigenvalue weighted by molar-refractivity contribution is -0.141. The number of alkyl halides is 3. The number of benzene rings is 3. The summed E-state index contributed by atoms with van der Waals surface area (Å²) < 4.78 is 60.3. The zero-order valence-corrected chi connectivity index (χ0v) is 23.3. The van der Waals surface area contributed by atoms with E-state index in [1.165, 1.54) is 67.7 Å². The Bertz CT molecular complexity index is 1760. The number of aromatic nitrogens is 2. The number of rotatable bonds is 9. The molecule has 0 saturated heterocycles. The number of nitriles is 1. The zero-order chi connectivity index (χ0) is 31.6. The van der Waals surface area contributed by atoms with E-state index in [0.29, 0.717) is 18.0 Å². The molecule has 4 aromatic rings. The van der Waals surface area contributed by atoms with E-state index in [-0.39, 0.29) is 40.4 Å². The second-order valence-electron chi connectivity index (χ2n) is 10.3. The van der Waals surface area contributed by atoms with Gasteiger partial charge in [-0.1, -0.05) is 30.3 Å². The molecule has 226 valence electrons. The lowest BCUT2D eigenvalue weighted by Gasteiger charge is -2.21. The highest BCUT2D eigenvalue weighted by Crippen LogP contribution is 2.40. The molecule has 3 aromatic carbocycles. The monoisotopic (exact) mass is 606 g/mol. The molecular weight excluding hydrogens is 580 g/mol. The zero-order valence-electron chi connectivity index (χ0n) is 23.3. The summed E-state index contributed by atoms with van der Waals surface area (Å²) in [7, 11) is 1.18. The molecule has 44 heavy (non-hydrogen) atoms. The first-order valence-corrected chi connectivity index (χ1v) is 13.5. The van der Waals surface area contributed by atoms with Crippen molar-refractivity contribution in [2.45, 2.75) is 25.6 Å². The van der Waals surface area contributed by atoms with E-state index in [4.69, 9.17) is 5.11 Å². The Hall–Kier alpha value is -5.38. The van der Waals surface area contributed by atoms with Gasteiger partial charge in [0.2, 0.25) is 0 Å². The van der Waals surface area contributed by atoms with Crippen LogP contribution < -0.4 is 15.5 Å². The number of nitrogens with one attached hydrogen (secondary N) is 2. The number of carbonyl (C=O) groups is 2. The maximum atomic E-state index is 15.6. The molecule has 0 bridgehead atoms. The van der Waals surface area contributed by atoms with E-state index in [1.54, 1.807) is 6.07 Å². The Labute approximate surface area is 249 Å². The molecule has 5 rings (SSSR count). The third kappa shape index (κ3) is 6.34. The summed E-state index contributed by atoms with van der Waals surface area (Å²) in [6.45, 7) is 0.397. The summed E-state index contributed by atoms with van der Waals surface area (Å²) in [5, 5.41) is 27.3. The van der Waals surface area contributed by atoms with Crippen LogP contribution in [0.3, 0.4) is 0 Å². The number of carbonyl (C=O) groups excluding carboxylic acids is 1. The van der Waals surface area contributed by atoms with Crippen LogP contribution in [0.15, 0.2) is 66.7 Å². The van der Waals surface area contributed by atoms with Crippen molar-refractivity contribution in [3.8, 4) is 23.0 Å². The first kappa shape index (κ1) is 30.1. The summed E-state index contributed by atoms with van der Waals surface area (Å²) in [6.07, 6.45) is -4.34. The van der Waals surface area contributed by atoms with Crippen molar-refractivity contribution in [2.24, 2.45) is 5.92 Å². The highest BCUT2D eigenvalue weighted by molar-refractivity contribution is 6.11. The Kier molecular flexibility index (Phi) is 8.26. The van der Waals surface area contributed by atoms with Gasteiger partial charge in [0, 0.05) is 25.7 Å². The molecule has 1 saturated carbocycles. The SMILES string of the molecule is CN(C(=O)c1c(C(F)(F)F)nn(-c2cccc(CNC(=O)O)c2)c1-c1ccc(C#N)cc1)c1cccc(NCC2CC2)c1F. The Morgan fingerprint density at radius 2 is 1.82 bits per heavy atom. The molecule has 1 fully saturated rings. The third-order valence-corrected chi connectivity index (χ3v) is 7.18. The van der Waals surface area contributed by atoms with Crippen molar-refractivity contribution in [3.05, 3.63) is 94.9 Å². The predicted molar refractivity (Wildman–Crippen MR) is 154 cm³/mol. The lowest BCUT2D eigenvalue weighted by Crippen LogP contribution is -2.29. The van der Waals surface area contributed by atoms with Gasteiger partial charge in [0.15, 0.2) is 11.5 Å². The molecule has 0 spiro atoms. The van der Waals surface area contributed by atoms with Gasteiger partial charge in [-0.3, -0.25) is 4.79 Å². The van der Waals surface area contributed by atoms with Crippen molar-refractivity contribution in [3.63, 3.8) is 0 Å². The molecule has 1 aromatic heterocycles. The first-order chi connectivity index (χ1) is 21.0. The standard InChI is InChI=1S/C31H26F4N6O3/c1-40(24-7-3-6-23(26(24)32)37-16-19-8-9-19)29(42)25-27(21-12-10-18(15-36)11-13-21)41(39-28(25)31(33,34)35)22-5-2-4-20(14-22)17-38-30(43)44/h2-7,10-14,19,37-38H,8-9,16-17H2,1H3,(H,43,44). The van der Waals surface area contributed by atoms with Crippen molar-refractivity contribution < 1.29 is 32.3 Å². The molecule has 0 aliphatic heterocycles. The predicted octanol–water partition coefficient (Wildman–Crippen LogP) is 6.43. The number of anilines is 2. The van der Waals surface area contributed by atoms with Crippen LogP contribution in [0.25, 0.3) is 16.9 Å². The van der Waals surface area contributed by atoms with E-state index in [1.807, 2.05) is 6.07 Å². The minimum absolute atomic E-state index is 0.110. The second kappa shape index (κ2) is 12.1. The molecule has 13 heteroatoms. The van der Waals surface area contributed by atoms with Gasteiger partial charge in [-0.15, -0.1) is 0 Å².